The monoisotopic (exact) mass is 559 g/mol. The number of carbonyl (C=O) groups is 1. The Morgan fingerprint density at radius 1 is 0.881 bits per heavy atom. The molecule has 0 aliphatic carbocycles. The summed E-state index contributed by atoms with van der Waals surface area (Å²) >= 11 is 0. The molecule has 0 amide bonds. The van der Waals surface area contributed by atoms with Gasteiger partial charge in [-0.25, -0.2) is 9.40 Å². The predicted molar refractivity (Wildman–Crippen MR) is 165 cm³/mol. The van der Waals surface area contributed by atoms with Crippen LogP contribution in [0, 0.1) is 12.7 Å². The molecule has 6 nitrogen and oxygen atoms in total. The van der Waals surface area contributed by atoms with Crippen molar-refractivity contribution in [2.45, 2.75) is 26.6 Å². The largest absolute Gasteiger partial charge is 0.493 e. The molecule has 5 aromatic rings. The number of aryl methyl sites for hydroxylation is 1. The van der Waals surface area contributed by atoms with Gasteiger partial charge in [-0.05, 0) is 54.3 Å². The summed E-state index contributed by atoms with van der Waals surface area (Å²) in [6, 6.07) is 34.1. The van der Waals surface area contributed by atoms with Crippen molar-refractivity contribution in [3.05, 3.63) is 132 Å². The Labute approximate surface area is 244 Å². The maximum atomic E-state index is 13.6. The predicted octanol–water partition coefficient (Wildman–Crippen LogP) is 7.80. The molecule has 0 bridgehead atoms. The van der Waals surface area contributed by atoms with Gasteiger partial charge in [0.2, 0.25) is 0 Å². The Morgan fingerprint density at radius 2 is 1.60 bits per heavy atom. The number of halogens is 1. The van der Waals surface area contributed by atoms with Gasteiger partial charge in [-0.15, -0.1) is 5.10 Å². The lowest BCUT2D eigenvalue weighted by molar-refractivity contribution is -0.111. The Balaban J connectivity index is 1.55. The molecular formula is C35H30FN3O3. The number of benzene rings is 5. The molecule has 0 aromatic heterocycles. The Morgan fingerprint density at radius 3 is 2.33 bits per heavy atom. The average Bonchev–Trinajstić information content (AvgIpc) is 3.41. The molecule has 0 N–H and O–H groups in total. The van der Waals surface area contributed by atoms with Crippen LogP contribution >= 0.6 is 0 Å². The number of rotatable bonds is 8. The molecule has 6 rings (SSSR count). The number of nitrogens with zero attached hydrogens (tertiary/aromatic N) is 3. The van der Waals surface area contributed by atoms with Crippen LogP contribution in [0.25, 0.3) is 10.8 Å². The zero-order valence-electron chi connectivity index (χ0n) is 23.6. The van der Waals surface area contributed by atoms with Crippen LogP contribution < -0.4 is 19.4 Å². The van der Waals surface area contributed by atoms with E-state index in [1.165, 1.54) is 19.1 Å². The topological polar surface area (TPSA) is 54.4 Å². The first-order valence-electron chi connectivity index (χ1n) is 13.7. The molecule has 1 aliphatic rings. The number of hydrogen-bond acceptors (Lipinski definition) is 6. The van der Waals surface area contributed by atoms with Gasteiger partial charge in [-0.2, -0.15) is 0 Å². The number of hydrazone groups is 1. The number of fused-ring (bicyclic) bond motifs is 1. The van der Waals surface area contributed by atoms with Crippen molar-refractivity contribution in [3.8, 4) is 11.5 Å². The van der Waals surface area contributed by atoms with E-state index in [-0.39, 0.29) is 18.2 Å². The summed E-state index contributed by atoms with van der Waals surface area (Å²) < 4.78 is 25.8. The van der Waals surface area contributed by atoms with E-state index in [2.05, 4.69) is 12.1 Å². The van der Waals surface area contributed by atoms with Gasteiger partial charge >= 0.3 is 0 Å². The highest BCUT2D eigenvalue weighted by Crippen LogP contribution is 2.46. The molecule has 0 spiro atoms. The van der Waals surface area contributed by atoms with E-state index in [9.17, 15) is 9.18 Å². The third-order valence-electron chi connectivity index (χ3n) is 7.35. The maximum absolute atomic E-state index is 13.6. The number of Topliss-reactive ketones (excluding diaryl/α,β-unsaturated/α-hetero) is 1. The lowest BCUT2D eigenvalue weighted by atomic mass is 10.0. The molecule has 0 saturated carbocycles. The van der Waals surface area contributed by atoms with Crippen LogP contribution in [-0.2, 0) is 11.4 Å². The molecule has 1 unspecified atom stereocenters. The molecule has 0 fully saturated rings. The van der Waals surface area contributed by atoms with Gasteiger partial charge in [0.15, 0.2) is 29.3 Å². The van der Waals surface area contributed by atoms with Crippen LogP contribution in [0.1, 0.15) is 29.8 Å². The van der Waals surface area contributed by atoms with Gasteiger partial charge < -0.3 is 9.47 Å². The number of ether oxygens (including phenoxy) is 2. The number of amidine groups is 1. The second kappa shape index (κ2) is 11.4. The van der Waals surface area contributed by atoms with E-state index in [0.717, 1.165) is 38.8 Å². The quantitative estimate of drug-likeness (QED) is 0.194. The highest BCUT2D eigenvalue weighted by Gasteiger charge is 2.41. The standard InChI is InChI=1S/C35H30FN3O3/c1-23-14-20-28(21-15-23)39-35(30-11-7-13-32(41-3)33(30)42-22-25-16-18-27(36)19-17-25)38(34(37-39)24(2)40)31-12-6-9-26-8-4-5-10-29(26)31/h4-21,35H,22H2,1-3H3. The third-order valence-corrected chi connectivity index (χ3v) is 7.35. The minimum Gasteiger partial charge on any atom is -0.493 e. The normalized spacial score (nSPS) is 14.7. The fourth-order valence-electron chi connectivity index (χ4n) is 5.29. The van der Waals surface area contributed by atoms with Crippen molar-refractivity contribution in [2.75, 3.05) is 17.0 Å². The van der Waals surface area contributed by atoms with E-state index >= 15 is 0 Å². The van der Waals surface area contributed by atoms with Crippen molar-refractivity contribution in [1.82, 2.24) is 0 Å². The Hall–Kier alpha value is -5.17. The summed E-state index contributed by atoms with van der Waals surface area (Å²) in [5.74, 6) is 0.879. The number of hydrogen-bond donors (Lipinski definition) is 0. The number of methoxy groups -OCH3 is 1. The second-order valence-electron chi connectivity index (χ2n) is 10.2. The first kappa shape index (κ1) is 27.0. The van der Waals surface area contributed by atoms with Crippen LogP contribution in [0.15, 0.2) is 114 Å². The smallest absolute Gasteiger partial charge is 0.198 e. The first-order chi connectivity index (χ1) is 20.4. The van der Waals surface area contributed by atoms with Crippen molar-refractivity contribution in [3.63, 3.8) is 0 Å². The highest BCUT2D eigenvalue weighted by atomic mass is 19.1. The van der Waals surface area contributed by atoms with Crippen molar-refractivity contribution in [2.24, 2.45) is 5.10 Å². The van der Waals surface area contributed by atoms with Crippen molar-refractivity contribution < 1.29 is 18.7 Å². The summed E-state index contributed by atoms with van der Waals surface area (Å²) in [6.45, 7) is 3.76. The first-order valence-corrected chi connectivity index (χ1v) is 13.7. The Kier molecular flexibility index (Phi) is 7.32. The highest BCUT2D eigenvalue weighted by molar-refractivity contribution is 6.44. The molecule has 1 atom stereocenters. The van der Waals surface area contributed by atoms with Crippen LogP contribution in [0.5, 0.6) is 11.5 Å². The summed E-state index contributed by atoms with van der Waals surface area (Å²) in [6.07, 6.45) is -0.587. The van der Waals surface area contributed by atoms with Gasteiger partial charge in [-0.3, -0.25) is 9.69 Å². The molecule has 42 heavy (non-hydrogen) atoms. The Bertz CT molecular complexity index is 1780. The van der Waals surface area contributed by atoms with Crippen molar-refractivity contribution in [1.29, 1.82) is 0 Å². The summed E-state index contributed by atoms with van der Waals surface area (Å²) in [5, 5.41) is 8.81. The van der Waals surface area contributed by atoms with Crippen LogP contribution in [-0.4, -0.2) is 18.7 Å². The van der Waals surface area contributed by atoms with E-state index in [1.54, 1.807) is 19.2 Å². The number of carbonyl (C=O) groups excluding carboxylic acids is 1. The fraction of sp³-hybridized carbons (Fsp3) is 0.143. The molecule has 0 radical (unpaired) electrons. The average molecular weight is 560 g/mol. The second-order valence-corrected chi connectivity index (χ2v) is 10.2. The summed E-state index contributed by atoms with van der Waals surface area (Å²) in [5.41, 5.74) is 4.33. The van der Waals surface area contributed by atoms with Gasteiger partial charge in [-0.1, -0.05) is 78.4 Å². The van der Waals surface area contributed by atoms with Crippen molar-refractivity contribution >= 4 is 33.8 Å². The van der Waals surface area contributed by atoms with Gasteiger partial charge in [0.25, 0.3) is 0 Å². The fourth-order valence-corrected chi connectivity index (χ4v) is 5.29. The minimum atomic E-state index is -0.587. The van der Waals surface area contributed by atoms with Gasteiger partial charge in [0, 0.05) is 17.9 Å². The third kappa shape index (κ3) is 5.05. The lowest BCUT2D eigenvalue weighted by Crippen LogP contribution is -2.38. The maximum Gasteiger partial charge on any atom is 0.198 e. The molecule has 5 aromatic carbocycles. The van der Waals surface area contributed by atoms with Crippen LogP contribution in [0.3, 0.4) is 0 Å². The zero-order valence-corrected chi connectivity index (χ0v) is 23.6. The molecule has 1 heterocycles. The van der Waals surface area contributed by atoms with Crippen LogP contribution in [0.2, 0.25) is 0 Å². The summed E-state index contributed by atoms with van der Waals surface area (Å²) in [4.78, 5) is 15.2. The minimum absolute atomic E-state index is 0.167. The van der Waals surface area contributed by atoms with E-state index < -0.39 is 6.17 Å². The molecular weight excluding hydrogens is 529 g/mol. The molecule has 210 valence electrons. The summed E-state index contributed by atoms with van der Waals surface area (Å²) in [7, 11) is 1.59. The van der Waals surface area contributed by atoms with E-state index in [1.807, 2.05) is 89.6 Å². The molecule has 1 aliphatic heterocycles. The number of para-hydroxylation sites is 1. The van der Waals surface area contributed by atoms with E-state index in [0.29, 0.717) is 17.3 Å². The number of ketones is 1. The molecule has 7 heteroatoms. The van der Waals surface area contributed by atoms with E-state index in [4.69, 9.17) is 14.6 Å². The SMILES string of the molecule is COc1cccc(C2N(c3ccc(C)cc3)N=C(C(C)=O)N2c2cccc3ccccc23)c1OCc1ccc(F)cc1. The molecule has 0 saturated heterocycles. The number of anilines is 2. The zero-order chi connectivity index (χ0) is 29.2. The van der Waals surface area contributed by atoms with Crippen LogP contribution in [0.4, 0.5) is 15.8 Å². The van der Waals surface area contributed by atoms with Gasteiger partial charge in [0.1, 0.15) is 12.4 Å². The van der Waals surface area contributed by atoms with Gasteiger partial charge in [0.05, 0.1) is 18.5 Å². The lowest BCUT2D eigenvalue weighted by Gasteiger charge is -2.34.